The van der Waals surface area contributed by atoms with E-state index in [2.05, 4.69) is 5.32 Å². The summed E-state index contributed by atoms with van der Waals surface area (Å²) < 4.78 is 13.4. The number of nitrogens with one attached hydrogen (secondary N) is 1. The highest BCUT2D eigenvalue weighted by Crippen LogP contribution is 2.25. The third kappa shape index (κ3) is 2.95. The summed E-state index contributed by atoms with van der Waals surface area (Å²) in [5.74, 6) is -1.12. The van der Waals surface area contributed by atoms with Crippen molar-refractivity contribution in [3.8, 4) is 6.07 Å². The van der Waals surface area contributed by atoms with Gasteiger partial charge in [-0.15, -0.1) is 0 Å². The molecule has 90 valence electrons. The van der Waals surface area contributed by atoms with Gasteiger partial charge in [-0.05, 0) is 31.5 Å². The van der Waals surface area contributed by atoms with Crippen LogP contribution in [0.4, 0.5) is 10.1 Å². The molecular weight excluding hydrogens is 243 g/mol. The van der Waals surface area contributed by atoms with Crippen molar-refractivity contribution in [3.63, 3.8) is 0 Å². The topological polar surface area (TPSA) is 52.9 Å². The Morgan fingerprint density at radius 2 is 2.29 bits per heavy atom. The molecule has 0 aliphatic carbocycles. The van der Waals surface area contributed by atoms with Gasteiger partial charge in [-0.2, -0.15) is 5.26 Å². The van der Waals surface area contributed by atoms with Crippen molar-refractivity contribution >= 4 is 23.2 Å². The van der Waals surface area contributed by atoms with Gasteiger partial charge in [0.1, 0.15) is 11.2 Å². The molecule has 5 heteroatoms. The summed E-state index contributed by atoms with van der Waals surface area (Å²) >= 11 is 5.70. The number of nitrogens with zero attached hydrogens (tertiary/aromatic N) is 1. The first kappa shape index (κ1) is 13.5. The third-order valence-electron chi connectivity index (χ3n) is 2.63. The van der Waals surface area contributed by atoms with Gasteiger partial charge in [-0.25, -0.2) is 4.39 Å². The van der Waals surface area contributed by atoms with Crippen LogP contribution in [-0.2, 0) is 4.79 Å². The minimum absolute atomic E-state index is 0.0163. The van der Waals surface area contributed by atoms with Crippen LogP contribution in [0.1, 0.15) is 20.3 Å². The fourth-order valence-electron chi connectivity index (χ4n) is 1.14. The molecule has 17 heavy (non-hydrogen) atoms. The second-order valence-corrected chi connectivity index (χ2v) is 4.31. The Morgan fingerprint density at radius 3 is 2.82 bits per heavy atom. The summed E-state index contributed by atoms with van der Waals surface area (Å²) in [6.07, 6.45) is 0.345. The largest absolute Gasteiger partial charge is 0.322 e. The van der Waals surface area contributed by atoms with Gasteiger partial charge >= 0.3 is 0 Å². The summed E-state index contributed by atoms with van der Waals surface area (Å²) in [5, 5.41) is 11.6. The maximum Gasteiger partial charge on any atom is 0.244 e. The molecule has 1 unspecified atom stereocenters. The quantitative estimate of drug-likeness (QED) is 0.899. The molecule has 0 bridgehead atoms. The summed E-state index contributed by atoms with van der Waals surface area (Å²) in [6, 6.07) is 5.77. The number of benzene rings is 1. The highest BCUT2D eigenvalue weighted by molar-refractivity contribution is 6.30. The Labute approximate surface area is 104 Å². The zero-order chi connectivity index (χ0) is 13.1. The van der Waals surface area contributed by atoms with Crippen LogP contribution in [0.3, 0.4) is 0 Å². The number of amides is 1. The molecule has 0 aromatic heterocycles. The maximum absolute atomic E-state index is 13.4. The number of nitriles is 1. The van der Waals surface area contributed by atoms with E-state index in [4.69, 9.17) is 16.9 Å². The Morgan fingerprint density at radius 1 is 1.65 bits per heavy atom. The molecule has 3 nitrogen and oxygen atoms in total. The van der Waals surface area contributed by atoms with E-state index in [1.54, 1.807) is 6.92 Å². The molecule has 1 amide bonds. The van der Waals surface area contributed by atoms with Crippen LogP contribution in [0.15, 0.2) is 18.2 Å². The van der Waals surface area contributed by atoms with Gasteiger partial charge in [0.25, 0.3) is 0 Å². The summed E-state index contributed by atoms with van der Waals surface area (Å²) in [7, 11) is 0. The number of hydrogen-bond donors (Lipinski definition) is 1. The highest BCUT2D eigenvalue weighted by atomic mass is 35.5. The van der Waals surface area contributed by atoms with Gasteiger partial charge in [0.05, 0.1) is 11.8 Å². The summed E-state index contributed by atoms with van der Waals surface area (Å²) in [4.78, 5) is 11.8. The van der Waals surface area contributed by atoms with Crippen LogP contribution in [0.25, 0.3) is 0 Å². The van der Waals surface area contributed by atoms with Crippen molar-refractivity contribution in [3.05, 3.63) is 29.0 Å². The average Bonchev–Trinajstić information content (AvgIpc) is 2.32. The molecule has 0 radical (unpaired) electrons. The first-order valence-corrected chi connectivity index (χ1v) is 5.48. The monoisotopic (exact) mass is 254 g/mol. The Bertz CT molecular complexity index is 484. The maximum atomic E-state index is 13.4. The Kier molecular flexibility index (Phi) is 4.08. The van der Waals surface area contributed by atoms with Crippen molar-refractivity contribution in [1.29, 1.82) is 5.26 Å². The molecule has 0 heterocycles. The van der Waals surface area contributed by atoms with Crippen LogP contribution in [-0.4, -0.2) is 5.91 Å². The van der Waals surface area contributed by atoms with E-state index >= 15 is 0 Å². The zero-order valence-corrected chi connectivity index (χ0v) is 10.3. The highest BCUT2D eigenvalue weighted by Gasteiger charge is 2.31. The van der Waals surface area contributed by atoms with E-state index in [0.717, 1.165) is 6.07 Å². The standard InChI is InChI=1S/C12H12ClFN2O/c1-3-12(2,7-15)11(17)16-10-6-8(13)4-5-9(10)14/h4-6H,3H2,1-2H3,(H,16,17). The van der Waals surface area contributed by atoms with Crippen LogP contribution >= 0.6 is 11.6 Å². The number of carbonyl (C=O) groups excluding carboxylic acids is 1. The van der Waals surface area contributed by atoms with Crippen molar-refractivity contribution in [2.24, 2.45) is 5.41 Å². The van der Waals surface area contributed by atoms with E-state index < -0.39 is 17.1 Å². The summed E-state index contributed by atoms with van der Waals surface area (Å²) in [5.41, 5.74) is -1.19. The van der Waals surface area contributed by atoms with Gasteiger partial charge in [0.2, 0.25) is 5.91 Å². The lowest BCUT2D eigenvalue weighted by atomic mass is 9.88. The Hall–Kier alpha value is -1.60. The lowest BCUT2D eigenvalue weighted by molar-refractivity contribution is -0.122. The fourth-order valence-corrected chi connectivity index (χ4v) is 1.32. The molecule has 1 aromatic rings. The van der Waals surface area contributed by atoms with Gasteiger partial charge in [0.15, 0.2) is 0 Å². The van der Waals surface area contributed by atoms with E-state index in [-0.39, 0.29) is 5.69 Å². The van der Waals surface area contributed by atoms with Gasteiger partial charge in [0, 0.05) is 5.02 Å². The second-order valence-electron chi connectivity index (χ2n) is 3.88. The van der Waals surface area contributed by atoms with Crippen LogP contribution in [0, 0.1) is 22.6 Å². The molecule has 0 spiro atoms. The van der Waals surface area contributed by atoms with Crippen molar-refractivity contribution in [1.82, 2.24) is 0 Å². The normalized spacial score (nSPS) is 13.6. The molecule has 0 aliphatic heterocycles. The SMILES string of the molecule is CCC(C)(C#N)C(=O)Nc1cc(Cl)ccc1F. The lowest BCUT2D eigenvalue weighted by Crippen LogP contribution is -2.31. The predicted octanol–water partition coefficient (Wildman–Crippen LogP) is 3.36. The summed E-state index contributed by atoms with van der Waals surface area (Å²) in [6.45, 7) is 3.22. The molecule has 0 aliphatic rings. The minimum atomic E-state index is -1.17. The number of halogens is 2. The third-order valence-corrected chi connectivity index (χ3v) is 2.87. The van der Waals surface area contributed by atoms with Crippen LogP contribution < -0.4 is 5.32 Å². The zero-order valence-electron chi connectivity index (χ0n) is 9.55. The fraction of sp³-hybridized carbons (Fsp3) is 0.333. The number of hydrogen-bond acceptors (Lipinski definition) is 2. The van der Waals surface area contributed by atoms with Gasteiger partial charge in [-0.3, -0.25) is 4.79 Å². The van der Waals surface area contributed by atoms with E-state index in [1.165, 1.54) is 19.1 Å². The van der Waals surface area contributed by atoms with E-state index in [0.29, 0.717) is 11.4 Å². The van der Waals surface area contributed by atoms with Crippen molar-refractivity contribution in [2.45, 2.75) is 20.3 Å². The molecule has 0 saturated heterocycles. The van der Waals surface area contributed by atoms with Crippen molar-refractivity contribution < 1.29 is 9.18 Å². The number of carbonyl (C=O) groups is 1. The number of rotatable bonds is 3. The van der Waals surface area contributed by atoms with E-state index in [9.17, 15) is 9.18 Å². The molecule has 1 aromatic carbocycles. The average molecular weight is 255 g/mol. The molecular formula is C12H12ClFN2O. The van der Waals surface area contributed by atoms with Crippen LogP contribution in [0.5, 0.6) is 0 Å². The molecule has 1 atom stereocenters. The Balaban J connectivity index is 2.96. The van der Waals surface area contributed by atoms with Crippen molar-refractivity contribution in [2.75, 3.05) is 5.32 Å². The molecule has 1 N–H and O–H groups in total. The van der Waals surface area contributed by atoms with E-state index in [1.807, 2.05) is 6.07 Å². The molecule has 0 fully saturated rings. The van der Waals surface area contributed by atoms with Gasteiger partial charge in [-0.1, -0.05) is 18.5 Å². The first-order chi connectivity index (χ1) is 7.92. The number of anilines is 1. The molecule has 0 saturated carbocycles. The smallest absolute Gasteiger partial charge is 0.244 e. The second kappa shape index (κ2) is 5.15. The first-order valence-electron chi connectivity index (χ1n) is 5.10. The minimum Gasteiger partial charge on any atom is -0.322 e. The van der Waals surface area contributed by atoms with Crippen LogP contribution in [0.2, 0.25) is 5.02 Å². The predicted molar refractivity (Wildman–Crippen MR) is 64.1 cm³/mol. The van der Waals surface area contributed by atoms with Gasteiger partial charge < -0.3 is 5.32 Å². The lowest BCUT2D eigenvalue weighted by Gasteiger charge is -2.18. The molecule has 1 rings (SSSR count).